The van der Waals surface area contributed by atoms with E-state index in [1.165, 1.54) is 4.90 Å². The summed E-state index contributed by atoms with van der Waals surface area (Å²) < 4.78 is 21.9. The Kier molecular flexibility index (Phi) is 6.28. The predicted molar refractivity (Wildman–Crippen MR) is 71.8 cm³/mol. The summed E-state index contributed by atoms with van der Waals surface area (Å²) in [6.07, 6.45) is 0.932. The van der Waals surface area contributed by atoms with Crippen LogP contribution in [0.2, 0.25) is 0 Å². The molecule has 0 fully saturated rings. The number of nitrogens with one attached hydrogen (secondary N) is 1. The van der Waals surface area contributed by atoms with Gasteiger partial charge in [0, 0.05) is 24.9 Å². The smallest absolute Gasteiger partial charge is 0.317 e. The van der Waals surface area contributed by atoms with Crippen molar-refractivity contribution in [1.29, 1.82) is 0 Å². The molecule has 0 aromatic heterocycles. The Morgan fingerprint density at radius 2 is 1.79 bits per heavy atom. The molecule has 0 aromatic carbocycles. The number of carbonyl (C=O) groups excluding carboxylic acids is 1. The van der Waals surface area contributed by atoms with Gasteiger partial charge in [0.1, 0.15) is 9.84 Å². The highest BCUT2D eigenvalue weighted by Crippen LogP contribution is 2.13. The average molecular weight is 294 g/mol. The van der Waals surface area contributed by atoms with Gasteiger partial charge in [-0.3, -0.25) is 4.79 Å². The number of aliphatic carboxylic acids is 1. The Hall–Kier alpha value is -1.31. The highest BCUT2D eigenvalue weighted by Gasteiger charge is 2.26. The van der Waals surface area contributed by atoms with Crippen LogP contribution in [0.5, 0.6) is 0 Å². The molecule has 0 heterocycles. The number of amides is 2. The zero-order chi connectivity index (χ0) is 15.3. The summed E-state index contributed by atoms with van der Waals surface area (Å²) in [6, 6.07) is -0.461. The van der Waals surface area contributed by atoms with Crippen molar-refractivity contribution in [3.8, 4) is 0 Å². The summed E-state index contributed by atoms with van der Waals surface area (Å²) in [5, 5.41) is 11.1. The molecule has 0 saturated carbocycles. The largest absolute Gasteiger partial charge is 0.481 e. The van der Waals surface area contributed by atoms with Crippen molar-refractivity contribution >= 4 is 21.8 Å². The van der Waals surface area contributed by atoms with E-state index in [2.05, 4.69) is 5.32 Å². The minimum atomic E-state index is -3.13. The lowest BCUT2D eigenvalue weighted by molar-refractivity contribution is -0.137. The molecule has 0 aliphatic heterocycles. The van der Waals surface area contributed by atoms with Crippen LogP contribution in [-0.4, -0.2) is 61.1 Å². The lowest BCUT2D eigenvalue weighted by atomic mass is 10.1. The zero-order valence-corrected chi connectivity index (χ0v) is 12.6. The highest BCUT2D eigenvalue weighted by atomic mass is 32.2. The molecule has 112 valence electrons. The molecule has 0 spiro atoms. The molecule has 0 radical (unpaired) electrons. The maximum atomic E-state index is 11.9. The van der Waals surface area contributed by atoms with Crippen LogP contribution < -0.4 is 5.32 Å². The molecule has 2 N–H and O–H groups in total. The molecule has 0 aromatic rings. The Bertz CT molecular complexity index is 425. The quantitative estimate of drug-likeness (QED) is 0.734. The number of hydrogen-bond acceptors (Lipinski definition) is 4. The molecule has 0 unspecified atom stereocenters. The number of sulfone groups is 1. The molecule has 2 amide bonds. The third kappa shape index (κ3) is 8.41. The van der Waals surface area contributed by atoms with E-state index in [1.54, 1.807) is 20.8 Å². The van der Waals surface area contributed by atoms with E-state index < -0.39 is 27.4 Å². The number of carboxylic acid groups (broad SMARTS) is 1. The van der Waals surface area contributed by atoms with E-state index in [0.29, 0.717) is 0 Å². The van der Waals surface area contributed by atoms with Crippen LogP contribution in [0.1, 0.15) is 27.2 Å². The Morgan fingerprint density at radius 1 is 1.26 bits per heavy atom. The zero-order valence-electron chi connectivity index (χ0n) is 11.8. The van der Waals surface area contributed by atoms with E-state index in [1.807, 2.05) is 0 Å². The van der Waals surface area contributed by atoms with Crippen molar-refractivity contribution in [1.82, 2.24) is 10.2 Å². The van der Waals surface area contributed by atoms with Crippen LogP contribution in [0.3, 0.4) is 0 Å². The van der Waals surface area contributed by atoms with E-state index >= 15 is 0 Å². The second kappa shape index (κ2) is 6.74. The minimum Gasteiger partial charge on any atom is -0.481 e. The van der Waals surface area contributed by atoms with E-state index in [9.17, 15) is 18.0 Å². The van der Waals surface area contributed by atoms with E-state index in [0.717, 1.165) is 6.26 Å². The van der Waals surface area contributed by atoms with Gasteiger partial charge in [0.05, 0.1) is 12.2 Å². The first-order valence-corrected chi connectivity index (χ1v) is 7.94. The van der Waals surface area contributed by atoms with Crippen molar-refractivity contribution in [2.24, 2.45) is 0 Å². The fraction of sp³-hybridized carbons (Fsp3) is 0.818. The molecular weight excluding hydrogens is 272 g/mol. The molecule has 19 heavy (non-hydrogen) atoms. The third-order valence-electron chi connectivity index (χ3n) is 2.35. The van der Waals surface area contributed by atoms with Crippen molar-refractivity contribution in [2.75, 3.05) is 25.1 Å². The Morgan fingerprint density at radius 3 is 2.16 bits per heavy atom. The number of rotatable bonds is 6. The van der Waals surface area contributed by atoms with Gasteiger partial charge in [-0.15, -0.1) is 0 Å². The predicted octanol–water partition coefficient (Wildman–Crippen LogP) is 0.316. The number of carboxylic acids is 1. The normalized spacial score (nSPS) is 12.0. The van der Waals surface area contributed by atoms with Gasteiger partial charge in [-0.1, -0.05) is 0 Å². The second-order valence-corrected chi connectivity index (χ2v) is 7.59. The fourth-order valence-electron chi connectivity index (χ4n) is 1.39. The van der Waals surface area contributed by atoms with Crippen molar-refractivity contribution in [3.63, 3.8) is 0 Å². The summed E-state index contributed by atoms with van der Waals surface area (Å²) in [5.41, 5.74) is -0.537. The number of hydrogen-bond donors (Lipinski definition) is 2. The van der Waals surface area contributed by atoms with Gasteiger partial charge in [0.2, 0.25) is 0 Å². The molecule has 7 nitrogen and oxygen atoms in total. The van der Waals surface area contributed by atoms with Crippen LogP contribution in [0.15, 0.2) is 0 Å². The van der Waals surface area contributed by atoms with Gasteiger partial charge in [-0.05, 0) is 20.8 Å². The molecule has 0 bridgehead atoms. The maximum absolute atomic E-state index is 11.9. The van der Waals surface area contributed by atoms with Gasteiger partial charge in [0.25, 0.3) is 0 Å². The SMILES string of the molecule is CC(C)(C)N(CCC(=O)O)C(=O)NCCS(C)(=O)=O. The van der Waals surface area contributed by atoms with Crippen LogP contribution in [0.25, 0.3) is 0 Å². The average Bonchev–Trinajstić information content (AvgIpc) is 2.12. The van der Waals surface area contributed by atoms with Crippen LogP contribution in [-0.2, 0) is 14.6 Å². The van der Waals surface area contributed by atoms with Gasteiger partial charge in [-0.2, -0.15) is 0 Å². The highest BCUT2D eigenvalue weighted by molar-refractivity contribution is 7.90. The van der Waals surface area contributed by atoms with Crippen molar-refractivity contribution < 1.29 is 23.1 Å². The molecular formula is C11H22N2O5S. The topological polar surface area (TPSA) is 104 Å². The summed E-state index contributed by atoms with van der Waals surface area (Å²) >= 11 is 0. The Balaban J connectivity index is 4.52. The lowest BCUT2D eigenvalue weighted by Gasteiger charge is -2.35. The maximum Gasteiger partial charge on any atom is 0.317 e. The first-order valence-electron chi connectivity index (χ1n) is 5.88. The summed E-state index contributed by atoms with van der Waals surface area (Å²) in [6.45, 7) is 5.43. The van der Waals surface area contributed by atoms with Crippen LogP contribution in [0.4, 0.5) is 4.79 Å². The van der Waals surface area contributed by atoms with E-state index in [-0.39, 0.29) is 25.3 Å². The number of nitrogens with zero attached hydrogens (tertiary/aromatic N) is 1. The van der Waals surface area contributed by atoms with Crippen molar-refractivity contribution in [2.45, 2.75) is 32.7 Å². The van der Waals surface area contributed by atoms with Crippen LogP contribution in [0, 0.1) is 0 Å². The summed E-state index contributed by atoms with van der Waals surface area (Å²) in [7, 11) is -3.13. The third-order valence-corrected chi connectivity index (χ3v) is 3.30. The Labute approximate surface area is 113 Å². The van der Waals surface area contributed by atoms with Gasteiger partial charge in [-0.25, -0.2) is 13.2 Å². The minimum absolute atomic E-state index is 0.0112. The number of urea groups is 1. The number of carbonyl (C=O) groups is 2. The van der Waals surface area contributed by atoms with E-state index in [4.69, 9.17) is 5.11 Å². The standard InChI is InChI=1S/C11H22N2O5S/c1-11(2,3)13(7-5-9(14)15)10(16)12-6-8-19(4,17)18/h5-8H2,1-4H3,(H,12,16)(H,14,15). The molecule has 0 aliphatic rings. The second-order valence-electron chi connectivity index (χ2n) is 5.33. The molecule has 0 saturated heterocycles. The first kappa shape index (κ1) is 17.7. The van der Waals surface area contributed by atoms with Crippen LogP contribution >= 0.6 is 0 Å². The molecule has 0 atom stereocenters. The first-order chi connectivity index (χ1) is 8.43. The summed E-state index contributed by atoms with van der Waals surface area (Å²) in [5.74, 6) is -1.13. The van der Waals surface area contributed by atoms with Gasteiger partial charge < -0.3 is 15.3 Å². The fourth-order valence-corrected chi connectivity index (χ4v) is 1.86. The van der Waals surface area contributed by atoms with Gasteiger partial charge >= 0.3 is 12.0 Å². The molecule has 8 heteroatoms. The molecule has 0 rings (SSSR count). The van der Waals surface area contributed by atoms with Crippen molar-refractivity contribution in [3.05, 3.63) is 0 Å². The lowest BCUT2D eigenvalue weighted by Crippen LogP contribution is -2.51. The molecule has 0 aliphatic carbocycles. The monoisotopic (exact) mass is 294 g/mol. The summed E-state index contributed by atoms with van der Waals surface area (Å²) in [4.78, 5) is 23.9. The van der Waals surface area contributed by atoms with Gasteiger partial charge in [0.15, 0.2) is 0 Å².